The molecule has 2 aromatic rings. The van der Waals surface area contributed by atoms with Crippen molar-refractivity contribution < 1.29 is 14.4 Å². The van der Waals surface area contributed by atoms with Gasteiger partial charge in [0, 0.05) is 24.2 Å². The Labute approximate surface area is 122 Å². The molecule has 112 valence electrons. The number of carbonyl (C=O) groups is 1. The van der Waals surface area contributed by atoms with Crippen LogP contribution in [0.1, 0.15) is 61.1 Å². The number of rotatable bonds is 5. The Morgan fingerprint density at radius 3 is 2.90 bits per heavy atom. The van der Waals surface area contributed by atoms with E-state index in [9.17, 15) is 9.90 Å². The van der Waals surface area contributed by atoms with Crippen molar-refractivity contribution in [1.82, 2.24) is 14.9 Å². The van der Waals surface area contributed by atoms with Gasteiger partial charge < -0.3 is 9.63 Å². The van der Waals surface area contributed by atoms with E-state index in [0.29, 0.717) is 17.0 Å². The maximum atomic E-state index is 11.6. The molecular weight excluding hydrogens is 270 g/mol. The van der Waals surface area contributed by atoms with E-state index in [1.54, 1.807) is 10.9 Å². The standard InChI is InChI=1S/C15H19N3O3/c1-2-7-18-9-11(8-16-18)13-12(15(19)20)14(21-17-13)10-5-3-4-6-10/h8-10H,2-7H2,1H3,(H,19,20). The zero-order chi connectivity index (χ0) is 14.8. The lowest BCUT2D eigenvalue weighted by Crippen LogP contribution is -2.04. The van der Waals surface area contributed by atoms with E-state index in [4.69, 9.17) is 4.52 Å². The molecule has 1 saturated carbocycles. The SMILES string of the molecule is CCCn1cc(-c2noc(C3CCCC3)c2C(=O)O)cn1. The van der Waals surface area contributed by atoms with Gasteiger partial charge in [-0.15, -0.1) is 0 Å². The zero-order valence-corrected chi connectivity index (χ0v) is 12.1. The number of aryl methyl sites for hydroxylation is 1. The fraction of sp³-hybridized carbons (Fsp3) is 0.533. The van der Waals surface area contributed by atoms with Crippen LogP contribution in [0.2, 0.25) is 0 Å². The highest BCUT2D eigenvalue weighted by atomic mass is 16.5. The van der Waals surface area contributed by atoms with E-state index in [2.05, 4.69) is 17.2 Å². The van der Waals surface area contributed by atoms with Crippen LogP contribution in [0.5, 0.6) is 0 Å². The van der Waals surface area contributed by atoms with Gasteiger partial charge in [0.05, 0.1) is 6.20 Å². The minimum atomic E-state index is -0.976. The summed E-state index contributed by atoms with van der Waals surface area (Å²) in [7, 11) is 0. The maximum absolute atomic E-state index is 11.6. The van der Waals surface area contributed by atoms with Gasteiger partial charge in [0.25, 0.3) is 0 Å². The number of carboxylic acid groups (broad SMARTS) is 1. The molecule has 0 spiro atoms. The number of carboxylic acids is 1. The fourth-order valence-electron chi connectivity index (χ4n) is 3.01. The molecule has 0 radical (unpaired) electrons. The molecular formula is C15H19N3O3. The summed E-state index contributed by atoms with van der Waals surface area (Å²) in [4.78, 5) is 11.6. The predicted octanol–water partition coefficient (Wildman–Crippen LogP) is 3.30. The highest BCUT2D eigenvalue weighted by Gasteiger charge is 2.31. The van der Waals surface area contributed by atoms with Crippen molar-refractivity contribution in [3.8, 4) is 11.3 Å². The molecule has 0 aromatic carbocycles. The lowest BCUT2D eigenvalue weighted by Gasteiger charge is -2.04. The zero-order valence-electron chi connectivity index (χ0n) is 12.1. The Morgan fingerprint density at radius 1 is 1.48 bits per heavy atom. The lowest BCUT2D eigenvalue weighted by molar-refractivity contribution is 0.0694. The number of aromatic carboxylic acids is 1. The summed E-state index contributed by atoms with van der Waals surface area (Å²) in [5, 5.41) is 17.8. The van der Waals surface area contributed by atoms with Gasteiger partial charge in [0.2, 0.25) is 0 Å². The van der Waals surface area contributed by atoms with E-state index < -0.39 is 5.97 Å². The minimum Gasteiger partial charge on any atom is -0.477 e. The highest BCUT2D eigenvalue weighted by molar-refractivity contribution is 5.95. The first-order chi connectivity index (χ1) is 10.2. The molecule has 1 N–H and O–H groups in total. The quantitative estimate of drug-likeness (QED) is 0.913. The summed E-state index contributed by atoms with van der Waals surface area (Å²) in [6.07, 6.45) is 8.64. The first-order valence-electron chi connectivity index (χ1n) is 7.46. The van der Waals surface area contributed by atoms with Crippen molar-refractivity contribution >= 4 is 5.97 Å². The van der Waals surface area contributed by atoms with Crippen LogP contribution in [0.15, 0.2) is 16.9 Å². The summed E-state index contributed by atoms with van der Waals surface area (Å²) in [6.45, 7) is 2.87. The lowest BCUT2D eigenvalue weighted by atomic mass is 9.98. The Morgan fingerprint density at radius 2 is 2.24 bits per heavy atom. The second-order valence-electron chi connectivity index (χ2n) is 5.55. The molecule has 2 heterocycles. The summed E-state index contributed by atoms with van der Waals surface area (Å²) in [5.41, 5.74) is 1.30. The molecule has 0 aliphatic heterocycles. The van der Waals surface area contributed by atoms with Crippen LogP contribution in [-0.4, -0.2) is 26.0 Å². The first kappa shape index (κ1) is 13.9. The molecule has 1 fully saturated rings. The van der Waals surface area contributed by atoms with Crippen LogP contribution in [-0.2, 0) is 6.54 Å². The Balaban J connectivity index is 1.99. The van der Waals surface area contributed by atoms with Crippen molar-refractivity contribution in [2.75, 3.05) is 0 Å². The summed E-state index contributed by atoms with van der Waals surface area (Å²) >= 11 is 0. The molecule has 1 aliphatic carbocycles. The first-order valence-corrected chi connectivity index (χ1v) is 7.46. The van der Waals surface area contributed by atoms with Gasteiger partial charge in [0.1, 0.15) is 11.3 Å². The average Bonchev–Trinajstić information content (AvgIpc) is 3.18. The van der Waals surface area contributed by atoms with E-state index in [1.807, 2.05) is 6.20 Å². The summed E-state index contributed by atoms with van der Waals surface area (Å²) < 4.78 is 7.19. The molecule has 0 atom stereocenters. The molecule has 0 unspecified atom stereocenters. The molecule has 0 saturated heterocycles. The average molecular weight is 289 g/mol. The van der Waals surface area contributed by atoms with Gasteiger partial charge in [-0.1, -0.05) is 24.9 Å². The molecule has 0 amide bonds. The Hall–Kier alpha value is -2.11. The Bertz CT molecular complexity index is 638. The summed E-state index contributed by atoms with van der Waals surface area (Å²) in [5.74, 6) is -0.266. The maximum Gasteiger partial charge on any atom is 0.341 e. The number of nitrogens with zero attached hydrogens (tertiary/aromatic N) is 3. The molecule has 3 rings (SSSR count). The van der Waals surface area contributed by atoms with Gasteiger partial charge in [-0.25, -0.2) is 4.79 Å². The molecule has 6 heteroatoms. The van der Waals surface area contributed by atoms with Crippen LogP contribution in [0.4, 0.5) is 0 Å². The highest BCUT2D eigenvalue weighted by Crippen LogP contribution is 2.38. The monoisotopic (exact) mass is 289 g/mol. The van der Waals surface area contributed by atoms with E-state index in [0.717, 1.165) is 38.6 Å². The normalized spacial score (nSPS) is 15.7. The fourth-order valence-corrected chi connectivity index (χ4v) is 3.01. The molecule has 6 nitrogen and oxygen atoms in total. The third-order valence-corrected chi connectivity index (χ3v) is 4.02. The molecule has 2 aromatic heterocycles. The van der Waals surface area contributed by atoms with E-state index >= 15 is 0 Å². The number of aromatic nitrogens is 3. The largest absolute Gasteiger partial charge is 0.477 e. The van der Waals surface area contributed by atoms with Crippen LogP contribution < -0.4 is 0 Å². The van der Waals surface area contributed by atoms with Gasteiger partial charge in [-0.2, -0.15) is 5.10 Å². The van der Waals surface area contributed by atoms with E-state index in [1.165, 1.54) is 0 Å². The van der Waals surface area contributed by atoms with Crippen molar-refractivity contribution in [2.45, 2.75) is 51.5 Å². The van der Waals surface area contributed by atoms with Crippen molar-refractivity contribution in [3.63, 3.8) is 0 Å². The van der Waals surface area contributed by atoms with Gasteiger partial charge in [0.15, 0.2) is 5.76 Å². The Kier molecular flexibility index (Phi) is 3.77. The number of hydrogen-bond acceptors (Lipinski definition) is 4. The predicted molar refractivity (Wildman–Crippen MR) is 76.2 cm³/mol. The van der Waals surface area contributed by atoms with Crippen LogP contribution in [0.3, 0.4) is 0 Å². The second kappa shape index (κ2) is 5.71. The minimum absolute atomic E-state index is 0.183. The third kappa shape index (κ3) is 2.57. The number of hydrogen-bond donors (Lipinski definition) is 1. The topological polar surface area (TPSA) is 81.2 Å². The second-order valence-corrected chi connectivity index (χ2v) is 5.55. The third-order valence-electron chi connectivity index (χ3n) is 4.02. The van der Waals surface area contributed by atoms with Crippen molar-refractivity contribution in [2.24, 2.45) is 0 Å². The van der Waals surface area contributed by atoms with Crippen molar-refractivity contribution in [1.29, 1.82) is 0 Å². The van der Waals surface area contributed by atoms with Gasteiger partial charge in [-0.3, -0.25) is 4.68 Å². The molecule has 1 aliphatic rings. The van der Waals surface area contributed by atoms with Crippen LogP contribution in [0.25, 0.3) is 11.3 Å². The van der Waals surface area contributed by atoms with E-state index in [-0.39, 0.29) is 11.5 Å². The molecule has 21 heavy (non-hydrogen) atoms. The van der Waals surface area contributed by atoms with Gasteiger partial charge in [-0.05, 0) is 19.3 Å². The van der Waals surface area contributed by atoms with Gasteiger partial charge >= 0.3 is 5.97 Å². The smallest absolute Gasteiger partial charge is 0.341 e. The summed E-state index contributed by atoms with van der Waals surface area (Å²) in [6, 6.07) is 0. The van der Waals surface area contributed by atoms with Crippen LogP contribution in [0, 0.1) is 0 Å². The molecule has 0 bridgehead atoms. The van der Waals surface area contributed by atoms with Crippen LogP contribution >= 0.6 is 0 Å². The van der Waals surface area contributed by atoms with Crippen molar-refractivity contribution in [3.05, 3.63) is 23.7 Å².